The fourth-order valence-electron chi connectivity index (χ4n) is 7.39. The topological polar surface area (TPSA) is 78.1 Å². The highest BCUT2D eigenvalue weighted by atomic mass is 16.3. The predicted molar refractivity (Wildman–Crippen MR) is 203 cm³/mol. The van der Waals surface area contributed by atoms with Crippen LogP contribution >= 0.6 is 0 Å². The number of rotatable bonds is 4. The molecule has 7 aromatic carbocycles. The van der Waals surface area contributed by atoms with E-state index in [-0.39, 0.29) is 0 Å². The van der Waals surface area contributed by atoms with Gasteiger partial charge in [-0.3, -0.25) is 0 Å². The summed E-state index contributed by atoms with van der Waals surface area (Å²) in [6, 6.07) is 51.1. The zero-order valence-corrected chi connectivity index (χ0v) is 27.0. The minimum absolute atomic E-state index is 0.564. The number of fused-ring (bicyclic) bond motifs is 9. The van der Waals surface area contributed by atoms with Crippen molar-refractivity contribution in [3.05, 3.63) is 152 Å². The third-order valence-electron chi connectivity index (χ3n) is 9.76. The van der Waals surface area contributed by atoms with Crippen LogP contribution in [-0.2, 0) is 0 Å². The van der Waals surface area contributed by atoms with Gasteiger partial charge in [-0.15, -0.1) is 0 Å². The van der Waals surface area contributed by atoms with Gasteiger partial charge in [-0.25, -0.2) is 15.0 Å². The van der Waals surface area contributed by atoms with Crippen LogP contribution in [0.25, 0.3) is 111 Å². The molecule has 0 N–H and O–H groups in total. The first-order valence-corrected chi connectivity index (χ1v) is 16.8. The molecule has 0 amide bonds. The smallest absolute Gasteiger partial charge is 0.164 e. The third-order valence-corrected chi connectivity index (χ3v) is 9.76. The van der Waals surface area contributed by atoms with E-state index in [0.717, 1.165) is 93.6 Å². The molecular formula is C45H25N3O3. The van der Waals surface area contributed by atoms with E-state index in [1.165, 1.54) is 0 Å². The summed E-state index contributed by atoms with van der Waals surface area (Å²) in [5.41, 5.74) is 9.74. The predicted octanol–water partition coefficient (Wildman–Crippen LogP) is 12.2. The van der Waals surface area contributed by atoms with E-state index in [1.54, 1.807) is 0 Å². The van der Waals surface area contributed by atoms with Crippen LogP contribution in [0.15, 0.2) is 165 Å². The molecule has 11 aromatic rings. The molecule has 0 saturated carbocycles. The van der Waals surface area contributed by atoms with Crippen LogP contribution in [0.2, 0.25) is 0 Å². The lowest BCUT2D eigenvalue weighted by molar-refractivity contribution is 0.668. The van der Waals surface area contributed by atoms with Crippen molar-refractivity contribution in [1.29, 1.82) is 0 Å². The highest BCUT2D eigenvalue weighted by Gasteiger charge is 2.21. The van der Waals surface area contributed by atoms with E-state index in [1.807, 2.05) is 97.1 Å². The standard InChI is InChI=1S/C45H25N3O3/c1-2-10-26(11-3-1)43-46-44(31-14-8-18-39-41(31)30-13-5-7-17-36(30)50-39)48-45(47-43)32-15-9-19-40-42(32)34-25-28(21-23-38(34)51-40)27-20-22-37-33(24-27)29-12-4-6-16-35(29)49-37/h1-25H. The molecule has 0 aliphatic rings. The van der Waals surface area contributed by atoms with Gasteiger partial charge in [0, 0.05) is 49.0 Å². The molecule has 6 heteroatoms. The van der Waals surface area contributed by atoms with E-state index in [0.29, 0.717) is 17.5 Å². The summed E-state index contributed by atoms with van der Waals surface area (Å²) in [4.78, 5) is 15.4. The van der Waals surface area contributed by atoms with Crippen molar-refractivity contribution in [3.63, 3.8) is 0 Å². The molecule has 0 saturated heterocycles. The van der Waals surface area contributed by atoms with E-state index in [2.05, 4.69) is 54.6 Å². The first-order valence-electron chi connectivity index (χ1n) is 16.8. The molecule has 0 aliphatic heterocycles. The molecule has 0 spiro atoms. The number of hydrogen-bond donors (Lipinski definition) is 0. The minimum atomic E-state index is 0.564. The number of nitrogens with zero attached hydrogens (tertiary/aromatic N) is 3. The average molecular weight is 656 g/mol. The molecule has 0 fully saturated rings. The van der Waals surface area contributed by atoms with Gasteiger partial charge in [-0.1, -0.05) is 103 Å². The highest BCUT2D eigenvalue weighted by molar-refractivity contribution is 6.14. The van der Waals surface area contributed by atoms with Crippen LogP contribution in [0.4, 0.5) is 0 Å². The molecule has 0 atom stereocenters. The van der Waals surface area contributed by atoms with Crippen LogP contribution in [-0.4, -0.2) is 15.0 Å². The maximum atomic E-state index is 6.45. The van der Waals surface area contributed by atoms with Crippen molar-refractivity contribution in [2.75, 3.05) is 0 Å². The van der Waals surface area contributed by atoms with Gasteiger partial charge in [-0.2, -0.15) is 0 Å². The summed E-state index contributed by atoms with van der Waals surface area (Å²) in [6.45, 7) is 0. The Bertz CT molecular complexity index is 3150. The Morgan fingerprint density at radius 3 is 1.45 bits per heavy atom. The van der Waals surface area contributed by atoms with Crippen molar-refractivity contribution < 1.29 is 13.3 Å². The van der Waals surface area contributed by atoms with Gasteiger partial charge in [0.25, 0.3) is 0 Å². The quantitative estimate of drug-likeness (QED) is 0.188. The number of para-hydroxylation sites is 2. The van der Waals surface area contributed by atoms with E-state index < -0.39 is 0 Å². The molecule has 0 radical (unpaired) electrons. The van der Waals surface area contributed by atoms with E-state index >= 15 is 0 Å². The average Bonchev–Trinajstić information content (AvgIpc) is 3.88. The molecule has 238 valence electrons. The lowest BCUT2D eigenvalue weighted by Gasteiger charge is -2.10. The molecular weight excluding hydrogens is 631 g/mol. The Morgan fingerprint density at radius 1 is 0.294 bits per heavy atom. The molecule has 0 aliphatic carbocycles. The minimum Gasteiger partial charge on any atom is -0.456 e. The number of furan rings is 3. The molecule has 11 rings (SSSR count). The second-order valence-electron chi connectivity index (χ2n) is 12.8. The van der Waals surface area contributed by atoms with Crippen LogP contribution in [0, 0.1) is 0 Å². The first kappa shape index (κ1) is 27.9. The molecule has 51 heavy (non-hydrogen) atoms. The van der Waals surface area contributed by atoms with Gasteiger partial charge in [0.15, 0.2) is 17.5 Å². The zero-order valence-electron chi connectivity index (χ0n) is 27.0. The van der Waals surface area contributed by atoms with Gasteiger partial charge in [0.1, 0.15) is 33.5 Å². The van der Waals surface area contributed by atoms with Crippen LogP contribution in [0.5, 0.6) is 0 Å². The summed E-state index contributed by atoms with van der Waals surface area (Å²) < 4.78 is 18.8. The SMILES string of the molecule is c1ccc(-c2nc(-c3cccc4oc5ccccc5c34)nc(-c3cccc4oc5ccc(-c6ccc7oc8ccccc8c7c6)cc5c34)n2)cc1. The third kappa shape index (κ3) is 4.33. The van der Waals surface area contributed by atoms with E-state index in [9.17, 15) is 0 Å². The zero-order chi connectivity index (χ0) is 33.5. The van der Waals surface area contributed by atoms with Crippen molar-refractivity contribution in [2.45, 2.75) is 0 Å². The highest BCUT2D eigenvalue weighted by Crippen LogP contribution is 2.41. The summed E-state index contributed by atoms with van der Waals surface area (Å²) in [6.07, 6.45) is 0. The molecule has 0 unspecified atom stereocenters. The Labute approximate surface area is 290 Å². The summed E-state index contributed by atoms with van der Waals surface area (Å²) >= 11 is 0. The largest absolute Gasteiger partial charge is 0.456 e. The van der Waals surface area contributed by atoms with Crippen molar-refractivity contribution in [1.82, 2.24) is 15.0 Å². The molecule has 4 aromatic heterocycles. The Morgan fingerprint density at radius 2 is 0.765 bits per heavy atom. The van der Waals surface area contributed by atoms with Crippen LogP contribution in [0.1, 0.15) is 0 Å². The number of benzene rings is 7. The molecule has 0 bridgehead atoms. The monoisotopic (exact) mass is 655 g/mol. The maximum absolute atomic E-state index is 6.45. The Kier molecular flexibility index (Phi) is 5.86. The fourth-order valence-corrected chi connectivity index (χ4v) is 7.39. The molecule has 4 heterocycles. The van der Waals surface area contributed by atoms with Crippen molar-refractivity contribution >= 4 is 65.8 Å². The molecule has 6 nitrogen and oxygen atoms in total. The normalized spacial score (nSPS) is 11.9. The van der Waals surface area contributed by atoms with Gasteiger partial charge in [-0.05, 0) is 59.7 Å². The lowest BCUT2D eigenvalue weighted by Crippen LogP contribution is -2.00. The Balaban J connectivity index is 1.14. The second-order valence-corrected chi connectivity index (χ2v) is 12.8. The van der Waals surface area contributed by atoms with Gasteiger partial charge in [0.2, 0.25) is 0 Å². The Hall–Kier alpha value is -7.05. The van der Waals surface area contributed by atoms with E-state index in [4.69, 9.17) is 28.2 Å². The van der Waals surface area contributed by atoms with Crippen molar-refractivity contribution in [3.8, 4) is 45.3 Å². The van der Waals surface area contributed by atoms with Crippen LogP contribution in [0.3, 0.4) is 0 Å². The number of aromatic nitrogens is 3. The summed E-state index contributed by atoms with van der Waals surface area (Å²) in [5, 5.41) is 6.12. The van der Waals surface area contributed by atoms with Gasteiger partial charge >= 0.3 is 0 Å². The maximum Gasteiger partial charge on any atom is 0.164 e. The van der Waals surface area contributed by atoms with Crippen LogP contribution < -0.4 is 0 Å². The lowest BCUT2D eigenvalue weighted by atomic mass is 9.99. The fraction of sp³-hybridized carbons (Fsp3) is 0. The van der Waals surface area contributed by atoms with Gasteiger partial charge < -0.3 is 13.3 Å². The second kappa shape index (κ2) is 10.7. The van der Waals surface area contributed by atoms with Gasteiger partial charge in [0.05, 0.1) is 0 Å². The first-order chi connectivity index (χ1) is 25.2. The van der Waals surface area contributed by atoms with Crippen molar-refractivity contribution in [2.24, 2.45) is 0 Å². The summed E-state index contributed by atoms with van der Waals surface area (Å²) in [5.74, 6) is 1.72. The summed E-state index contributed by atoms with van der Waals surface area (Å²) in [7, 11) is 0. The number of hydrogen-bond acceptors (Lipinski definition) is 6.